The number of methoxy groups -OCH3 is 1. The van der Waals surface area contributed by atoms with E-state index in [1.807, 2.05) is 0 Å². The monoisotopic (exact) mass is 455 g/mol. The molecule has 0 unspecified atom stereocenters. The van der Waals surface area contributed by atoms with Gasteiger partial charge in [0.15, 0.2) is 5.82 Å². The number of carbonyl (C=O) groups excluding carboxylic acids is 1. The Labute approximate surface area is 189 Å². The van der Waals surface area contributed by atoms with Crippen LogP contribution in [-0.4, -0.2) is 53.3 Å². The summed E-state index contributed by atoms with van der Waals surface area (Å²) in [5.41, 5.74) is 6.78. The molecule has 3 aromatic rings. The first-order valence-electron chi connectivity index (χ1n) is 10.3. The Hall–Kier alpha value is -3.63. The summed E-state index contributed by atoms with van der Waals surface area (Å²) in [4.78, 5) is 23.1. The van der Waals surface area contributed by atoms with Crippen molar-refractivity contribution in [3.8, 4) is 17.1 Å². The average Bonchev–Trinajstić information content (AvgIpc) is 3.20. The molecule has 1 aliphatic heterocycles. The number of aliphatic hydroxyl groups excluding tert-OH is 1. The Morgan fingerprint density at radius 1 is 1.30 bits per heavy atom. The van der Waals surface area contributed by atoms with Gasteiger partial charge >= 0.3 is 0 Å². The number of halogens is 2. The minimum atomic E-state index is -0.592. The number of anilines is 2. The third-order valence-corrected chi connectivity index (χ3v) is 5.48. The molecule has 0 radical (unpaired) electrons. The fraction of sp³-hybridized carbons (Fsp3) is 0.261. The zero-order valence-electron chi connectivity index (χ0n) is 17.8. The fourth-order valence-electron chi connectivity index (χ4n) is 3.95. The van der Waals surface area contributed by atoms with Crippen LogP contribution in [0.4, 0.5) is 20.2 Å². The quantitative estimate of drug-likeness (QED) is 0.524. The molecule has 4 rings (SSSR count). The van der Waals surface area contributed by atoms with E-state index < -0.39 is 17.5 Å². The number of nitrogens with two attached hydrogens (primary N) is 1. The molecule has 1 aliphatic rings. The van der Waals surface area contributed by atoms with Crippen molar-refractivity contribution in [2.24, 2.45) is 5.73 Å². The van der Waals surface area contributed by atoms with Crippen LogP contribution in [0.3, 0.4) is 0 Å². The Morgan fingerprint density at radius 3 is 2.88 bits per heavy atom. The molecular weight excluding hydrogens is 432 g/mol. The van der Waals surface area contributed by atoms with Crippen LogP contribution in [-0.2, 0) is 0 Å². The number of aliphatic hydroxyl groups is 1. The second kappa shape index (κ2) is 9.47. The first kappa shape index (κ1) is 22.6. The van der Waals surface area contributed by atoms with Gasteiger partial charge < -0.3 is 25.8 Å². The third-order valence-electron chi connectivity index (χ3n) is 5.48. The molecule has 0 bridgehead atoms. The minimum absolute atomic E-state index is 0.0113. The lowest BCUT2D eigenvalue weighted by Crippen LogP contribution is -2.33. The maximum absolute atomic E-state index is 14.4. The molecule has 1 fully saturated rings. The molecule has 0 aliphatic carbocycles. The number of aromatic nitrogens is 2. The smallest absolute Gasteiger partial charge is 0.274 e. The van der Waals surface area contributed by atoms with Gasteiger partial charge in [-0.05, 0) is 42.8 Å². The molecule has 2 heterocycles. The normalized spacial score (nSPS) is 17.8. The summed E-state index contributed by atoms with van der Waals surface area (Å²) >= 11 is 0. The number of hydrogen-bond donors (Lipinski definition) is 3. The average molecular weight is 455 g/mol. The van der Waals surface area contributed by atoms with E-state index in [1.165, 1.54) is 49.7 Å². The van der Waals surface area contributed by atoms with E-state index in [9.17, 15) is 18.7 Å². The van der Waals surface area contributed by atoms with Crippen molar-refractivity contribution >= 4 is 17.3 Å². The third kappa shape index (κ3) is 4.62. The zero-order chi connectivity index (χ0) is 23.5. The number of carbonyl (C=O) groups is 1. The van der Waals surface area contributed by atoms with Gasteiger partial charge in [0.1, 0.15) is 23.1 Å². The molecular formula is C23H23F2N5O3. The highest BCUT2D eigenvalue weighted by molar-refractivity contribution is 6.05. The second-order valence-corrected chi connectivity index (χ2v) is 7.68. The molecule has 10 heteroatoms. The van der Waals surface area contributed by atoms with Crippen molar-refractivity contribution in [3.05, 3.63) is 66.0 Å². The van der Waals surface area contributed by atoms with E-state index in [2.05, 4.69) is 15.3 Å². The molecule has 172 valence electrons. The molecule has 33 heavy (non-hydrogen) atoms. The summed E-state index contributed by atoms with van der Waals surface area (Å²) < 4.78 is 33.7. The largest absolute Gasteiger partial charge is 0.496 e. The number of ether oxygens (including phenoxy) is 1. The van der Waals surface area contributed by atoms with Gasteiger partial charge in [0, 0.05) is 18.8 Å². The van der Waals surface area contributed by atoms with Gasteiger partial charge in [-0.25, -0.2) is 18.7 Å². The number of hydrogen-bond acceptors (Lipinski definition) is 7. The van der Waals surface area contributed by atoms with Crippen molar-refractivity contribution in [2.75, 3.05) is 30.5 Å². The van der Waals surface area contributed by atoms with Gasteiger partial charge in [0.05, 0.1) is 36.7 Å². The lowest BCUT2D eigenvalue weighted by atomic mass is 10.1. The molecule has 4 N–H and O–H groups in total. The predicted molar refractivity (Wildman–Crippen MR) is 119 cm³/mol. The summed E-state index contributed by atoms with van der Waals surface area (Å²) in [5, 5.41) is 12.4. The number of nitrogens with one attached hydrogen (secondary N) is 1. The maximum Gasteiger partial charge on any atom is 0.274 e. The van der Waals surface area contributed by atoms with Gasteiger partial charge in [-0.2, -0.15) is 0 Å². The van der Waals surface area contributed by atoms with E-state index in [4.69, 9.17) is 10.5 Å². The van der Waals surface area contributed by atoms with Crippen molar-refractivity contribution < 1.29 is 23.4 Å². The van der Waals surface area contributed by atoms with Crippen molar-refractivity contribution in [3.63, 3.8) is 0 Å². The van der Waals surface area contributed by atoms with Gasteiger partial charge in [0.2, 0.25) is 0 Å². The highest BCUT2D eigenvalue weighted by Crippen LogP contribution is 2.33. The van der Waals surface area contributed by atoms with Crippen LogP contribution >= 0.6 is 0 Å². The summed E-state index contributed by atoms with van der Waals surface area (Å²) in [6, 6.07) is 9.15. The highest BCUT2D eigenvalue weighted by atomic mass is 19.1. The van der Waals surface area contributed by atoms with Crippen LogP contribution in [0, 0.1) is 11.6 Å². The van der Waals surface area contributed by atoms with E-state index >= 15 is 0 Å². The van der Waals surface area contributed by atoms with E-state index in [0.29, 0.717) is 24.3 Å². The molecule has 8 nitrogen and oxygen atoms in total. The van der Waals surface area contributed by atoms with Crippen LogP contribution in [0.1, 0.15) is 16.9 Å². The Morgan fingerprint density at radius 2 is 2.12 bits per heavy atom. The Balaban J connectivity index is 1.65. The first-order valence-corrected chi connectivity index (χ1v) is 10.3. The second-order valence-electron chi connectivity index (χ2n) is 7.68. The van der Waals surface area contributed by atoms with Crippen LogP contribution < -0.4 is 20.7 Å². The summed E-state index contributed by atoms with van der Waals surface area (Å²) in [6.07, 6.45) is 1.89. The molecule has 2 aromatic carbocycles. The number of amides is 1. The number of benzene rings is 2. The molecule has 2 atom stereocenters. The molecule has 1 aromatic heterocycles. The predicted octanol–water partition coefficient (Wildman–Crippen LogP) is 2.58. The lowest BCUT2D eigenvalue weighted by molar-refractivity contribution is 0.102. The summed E-state index contributed by atoms with van der Waals surface area (Å²) in [7, 11) is 1.40. The summed E-state index contributed by atoms with van der Waals surface area (Å²) in [6.45, 7) is 0.250. The van der Waals surface area contributed by atoms with Gasteiger partial charge in [-0.15, -0.1) is 0 Å². The summed E-state index contributed by atoms with van der Waals surface area (Å²) in [5.74, 6) is -1.45. The molecule has 0 spiro atoms. The van der Waals surface area contributed by atoms with Crippen LogP contribution in [0.15, 0.2) is 48.7 Å². The Bertz CT molecular complexity index is 1180. The van der Waals surface area contributed by atoms with Crippen molar-refractivity contribution in [1.82, 2.24) is 9.97 Å². The molecule has 1 amide bonds. The minimum Gasteiger partial charge on any atom is -0.496 e. The standard InChI is InChI=1S/C23H23F2N5O3/c1-33-20-4-2-3-16(25)21(20)22-27-8-7-18(28-22)23(32)29-17-6-5-13(24)9-19(17)30-11-14(26)10-15(30)12-31/h2-9,14-15,31H,10-12,26H2,1H3,(H,29,32)/t14-,15-/m0/s1. The lowest BCUT2D eigenvalue weighted by Gasteiger charge is -2.27. The van der Waals surface area contributed by atoms with Crippen molar-refractivity contribution in [1.29, 1.82) is 0 Å². The van der Waals surface area contributed by atoms with Crippen LogP contribution in [0.2, 0.25) is 0 Å². The fourth-order valence-corrected chi connectivity index (χ4v) is 3.95. The highest BCUT2D eigenvalue weighted by Gasteiger charge is 2.31. The number of rotatable bonds is 6. The van der Waals surface area contributed by atoms with E-state index in [-0.39, 0.29) is 41.5 Å². The Kier molecular flexibility index (Phi) is 6.47. The first-order chi connectivity index (χ1) is 15.9. The van der Waals surface area contributed by atoms with Crippen molar-refractivity contribution in [2.45, 2.75) is 18.5 Å². The van der Waals surface area contributed by atoms with Gasteiger partial charge in [-0.1, -0.05) is 6.07 Å². The van der Waals surface area contributed by atoms with E-state index in [0.717, 1.165) is 0 Å². The van der Waals surface area contributed by atoms with Crippen LogP contribution in [0.25, 0.3) is 11.4 Å². The van der Waals surface area contributed by atoms with Gasteiger partial charge in [-0.3, -0.25) is 4.79 Å². The van der Waals surface area contributed by atoms with Crippen LogP contribution in [0.5, 0.6) is 5.75 Å². The molecule has 1 saturated heterocycles. The van der Waals surface area contributed by atoms with Gasteiger partial charge in [0.25, 0.3) is 5.91 Å². The van der Waals surface area contributed by atoms with E-state index in [1.54, 1.807) is 11.0 Å². The maximum atomic E-state index is 14.4. The zero-order valence-corrected chi connectivity index (χ0v) is 17.8. The molecule has 0 saturated carbocycles. The topological polar surface area (TPSA) is 114 Å². The number of nitrogens with zero attached hydrogens (tertiary/aromatic N) is 3. The SMILES string of the molecule is COc1cccc(F)c1-c1nccc(C(=O)Nc2ccc(F)cc2N2C[C@@H](N)C[C@H]2CO)n1.